The quantitative estimate of drug-likeness (QED) is 0.891. The summed E-state index contributed by atoms with van der Waals surface area (Å²) >= 11 is 5.90. The van der Waals surface area contributed by atoms with Crippen molar-refractivity contribution in [2.45, 2.75) is 32.7 Å². The third-order valence-electron chi connectivity index (χ3n) is 3.22. The number of halogens is 1. The fourth-order valence-corrected chi connectivity index (χ4v) is 2.31. The first-order valence-corrected chi connectivity index (χ1v) is 7.21. The van der Waals surface area contributed by atoms with Crippen LogP contribution in [0.15, 0.2) is 30.6 Å². The van der Waals surface area contributed by atoms with Gasteiger partial charge in [0, 0.05) is 23.9 Å². The van der Waals surface area contributed by atoms with Crippen LogP contribution in [0.1, 0.15) is 31.2 Å². The van der Waals surface area contributed by atoms with Gasteiger partial charge in [-0.05, 0) is 23.6 Å². The van der Waals surface area contributed by atoms with Crippen molar-refractivity contribution in [2.75, 3.05) is 6.61 Å². The molecular formula is C15H20ClN3O. The molecule has 1 atom stereocenters. The van der Waals surface area contributed by atoms with E-state index < -0.39 is 0 Å². The number of benzene rings is 1. The molecule has 1 aromatic heterocycles. The standard InChI is InChI=1S/C15H20ClN3O/c1-11(2)8-19-15(17-10-18-19)7-13(9-20)12-3-5-14(16)6-4-12/h3-6,10-11,13,20H,7-9H2,1-2H3. The van der Waals surface area contributed by atoms with Crippen LogP contribution in [-0.2, 0) is 13.0 Å². The third kappa shape index (κ3) is 3.81. The summed E-state index contributed by atoms with van der Waals surface area (Å²) in [4.78, 5) is 4.31. The molecule has 1 heterocycles. The Hall–Kier alpha value is -1.39. The van der Waals surface area contributed by atoms with Crippen LogP contribution in [0.4, 0.5) is 0 Å². The third-order valence-corrected chi connectivity index (χ3v) is 3.48. The van der Waals surface area contributed by atoms with Crippen LogP contribution >= 0.6 is 11.6 Å². The van der Waals surface area contributed by atoms with E-state index in [0.717, 1.165) is 17.9 Å². The Morgan fingerprint density at radius 1 is 1.25 bits per heavy atom. The molecule has 5 heteroatoms. The molecule has 0 radical (unpaired) electrons. The van der Waals surface area contributed by atoms with Crippen molar-refractivity contribution in [3.05, 3.63) is 47.0 Å². The van der Waals surface area contributed by atoms with Crippen LogP contribution in [0.2, 0.25) is 5.02 Å². The Bertz CT molecular complexity index is 536. The first kappa shape index (κ1) is 15.0. The maximum atomic E-state index is 9.63. The first-order valence-electron chi connectivity index (χ1n) is 6.83. The summed E-state index contributed by atoms with van der Waals surface area (Å²) in [5.74, 6) is 1.44. The van der Waals surface area contributed by atoms with Gasteiger partial charge < -0.3 is 5.11 Å². The van der Waals surface area contributed by atoms with Crippen LogP contribution in [0.3, 0.4) is 0 Å². The van der Waals surface area contributed by atoms with E-state index in [1.165, 1.54) is 0 Å². The van der Waals surface area contributed by atoms with E-state index in [1.54, 1.807) is 6.33 Å². The minimum atomic E-state index is 0.0161. The second-order valence-corrected chi connectivity index (χ2v) is 5.82. The summed E-state index contributed by atoms with van der Waals surface area (Å²) in [5.41, 5.74) is 1.07. The van der Waals surface area contributed by atoms with Gasteiger partial charge in [-0.3, -0.25) is 0 Å². The van der Waals surface area contributed by atoms with Gasteiger partial charge in [-0.2, -0.15) is 5.10 Å². The number of rotatable bonds is 6. The largest absolute Gasteiger partial charge is 0.396 e. The summed E-state index contributed by atoms with van der Waals surface area (Å²) in [6.07, 6.45) is 2.25. The maximum absolute atomic E-state index is 9.63. The SMILES string of the molecule is CC(C)Cn1ncnc1CC(CO)c1ccc(Cl)cc1. The molecule has 0 bridgehead atoms. The van der Waals surface area contributed by atoms with E-state index in [1.807, 2.05) is 28.9 Å². The molecule has 1 unspecified atom stereocenters. The summed E-state index contributed by atoms with van der Waals surface area (Å²) in [7, 11) is 0. The van der Waals surface area contributed by atoms with E-state index >= 15 is 0 Å². The fourth-order valence-electron chi connectivity index (χ4n) is 2.19. The van der Waals surface area contributed by atoms with Crippen molar-refractivity contribution in [3.63, 3.8) is 0 Å². The Morgan fingerprint density at radius 2 is 1.95 bits per heavy atom. The fraction of sp³-hybridized carbons (Fsp3) is 0.467. The van der Waals surface area contributed by atoms with Gasteiger partial charge >= 0.3 is 0 Å². The van der Waals surface area contributed by atoms with Crippen molar-refractivity contribution < 1.29 is 5.11 Å². The first-order chi connectivity index (χ1) is 9.60. The highest BCUT2D eigenvalue weighted by molar-refractivity contribution is 6.30. The molecule has 0 aliphatic rings. The lowest BCUT2D eigenvalue weighted by atomic mass is 9.96. The number of hydrogen-bond donors (Lipinski definition) is 1. The Balaban J connectivity index is 2.14. The number of nitrogens with zero attached hydrogens (tertiary/aromatic N) is 3. The molecule has 0 fully saturated rings. The van der Waals surface area contributed by atoms with Crippen LogP contribution in [-0.4, -0.2) is 26.5 Å². The second-order valence-electron chi connectivity index (χ2n) is 5.39. The van der Waals surface area contributed by atoms with E-state index in [0.29, 0.717) is 17.4 Å². The predicted octanol–water partition coefficient (Wildman–Crippen LogP) is 2.91. The van der Waals surface area contributed by atoms with E-state index in [9.17, 15) is 5.11 Å². The molecule has 20 heavy (non-hydrogen) atoms. The molecule has 0 amide bonds. The molecule has 108 valence electrons. The van der Waals surface area contributed by atoms with Crippen molar-refractivity contribution >= 4 is 11.6 Å². The minimum absolute atomic E-state index is 0.0161. The van der Waals surface area contributed by atoms with Crippen molar-refractivity contribution in [2.24, 2.45) is 5.92 Å². The lowest BCUT2D eigenvalue weighted by Gasteiger charge is -2.15. The highest BCUT2D eigenvalue weighted by Gasteiger charge is 2.15. The lowest BCUT2D eigenvalue weighted by Crippen LogP contribution is -2.15. The van der Waals surface area contributed by atoms with Gasteiger partial charge in [-0.1, -0.05) is 37.6 Å². The van der Waals surface area contributed by atoms with Crippen LogP contribution < -0.4 is 0 Å². The molecule has 0 saturated carbocycles. The molecule has 0 aliphatic heterocycles. The molecule has 4 nitrogen and oxygen atoms in total. The van der Waals surface area contributed by atoms with Crippen molar-refractivity contribution in [1.82, 2.24) is 14.8 Å². The van der Waals surface area contributed by atoms with E-state index in [4.69, 9.17) is 11.6 Å². The molecule has 1 N–H and O–H groups in total. The highest BCUT2D eigenvalue weighted by atomic mass is 35.5. The van der Waals surface area contributed by atoms with Crippen molar-refractivity contribution in [1.29, 1.82) is 0 Å². The molecule has 1 aromatic carbocycles. The molecule has 0 spiro atoms. The normalized spacial score (nSPS) is 12.8. The topological polar surface area (TPSA) is 50.9 Å². The minimum Gasteiger partial charge on any atom is -0.396 e. The van der Waals surface area contributed by atoms with Gasteiger partial charge in [0.05, 0.1) is 6.61 Å². The van der Waals surface area contributed by atoms with Gasteiger partial charge in [0.25, 0.3) is 0 Å². The molecule has 2 aromatic rings. The summed E-state index contributed by atoms with van der Waals surface area (Å²) in [6, 6.07) is 7.59. The van der Waals surface area contributed by atoms with E-state index in [-0.39, 0.29) is 12.5 Å². The molecule has 0 saturated heterocycles. The van der Waals surface area contributed by atoms with Crippen LogP contribution in [0.5, 0.6) is 0 Å². The summed E-state index contributed by atoms with van der Waals surface area (Å²) in [5, 5.41) is 14.6. The second kappa shape index (κ2) is 6.86. The van der Waals surface area contributed by atoms with Crippen LogP contribution in [0.25, 0.3) is 0 Å². The monoisotopic (exact) mass is 293 g/mol. The van der Waals surface area contributed by atoms with Gasteiger partial charge in [0.2, 0.25) is 0 Å². The Kier molecular flexibility index (Phi) is 5.15. The summed E-state index contributed by atoms with van der Waals surface area (Å²) in [6.45, 7) is 5.21. The average Bonchev–Trinajstić information content (AvgIpc) is 2.83. The van der Waals surface area contributed by atoms with Gasteiger partial charge in [-0.15, -0.1) is 0 Å². The highest BCUT2D eigenvalue weighted by Crippen LogP contribution is 2.21. The number of hydrogen-bond acceptors (Lipinski definition) is 3. The smallest absolute Gasteiger partial charge is 0.138 e. The Labute approximate surface area is 124 Å². The van der Waals surface area contributed by atoms with E-state index in [2.05, 4.69) is 23.9 Å². The number of aromatic nitrogens is 3. The molecular weight excluding hydrogens is 274 g/mol. The summed E-state index contributed by atoms with van der Waals surface area (Å²) < 4.78 is 1.92. The van der Waals surface area contributed by atoms with Crippen LogP contribution in [0, 0.1) is 5.92 Å². The lowest BCUT2D eigenvalue weighted by molar-refractivity contribution is 0.261. The average molecular weight is 294 g/mol. The molecule has 2 rings (SSSR count). The van der Waals surface area contributed by atoms with Gasteiger partial charge in [-0.25, -0.2) is 9.67 Å². The van der Waals surface area contributed by atoms with Crippen molar-refractivity contribution in [3.8, 4) is 0 Å². The predicted molar refractivity (Wildman–Crippen MR) is 79.8 cm³/mol. The zero-order chi connectivity index (χ0) is 14.5. The molecule has 0 aliphatic carbocycles. The van der Waals surface area contributed by atoms with Gasteiger partial charge in [0.1, 0.15) is 12.2 Å². The Morgan fingerprint density at radius 3 is 2.55 bits per heavy atom. The zero-order valence-electron chi connectivity index (χ0n) is 11.8. The zero-order valence-corrected chi connectivity index (χ0v) is 12.6. The van der Waals surface area contributed by atoms with Gasteiger partial charge in [0.15, 0.2) is 0 Å². The maximum Gasteiger partial charge on any atom is 0.138 e. The number of aliphatic hydroxyl groups excluding tert-OH is 1. The number of aliphatic hydroxyl groups is 1.